The van der Waals surface area contributed by atoms with Crippen LogP contribution in [0.15, 0.2) is 48.6 Å². The highest BCUT2D eigenvalue weighted by Crippen LogP contribution is 2.40. The fourth-order valence-electron chi connectivity index (χ4n) is 6.43. The fourth-order valence-corrected chi connectivity index (χ4v) is 6.43. The van der Waals surface area contributed by atoms with E-state index in [0.29, 0.717) is 83.9 Å². The van der Waals surface area contributed by atoms with E-state index in [1.165, 1.54) is 0 Å². The number of hydrogen-bond donors (Lipinski definition) is 0. The summed E-state index contributed by atoms with van der Waals surface area (Å²) in [6.45, 7) is 10.7. The maximum Gasteiger partial charge on any atom is 0.306 e. The standard InChI is InChI=1S/C40H55N2O10/c1-5-49-33(43)13-9-25-41(26-10-14-34(44)50-6-2)31-21-17-29(18-22-31)37-39(47)38(40(37)48)30-19-23-32(24-20-30)42(27-11-15-35(45)51-7-3)28-12-16-36(46)52-8-4/h17-24,29,37-38H,5-16,25-28H2,1-4H3/q+1. The van der Waals surface area contributed by atoms with Crippen LogP contribution in [0.2, 0.25) is 0 Å². The minimum Gasteiger partial charge on any atom is -0.466 e. The number of benzene rings is 1. The van der Waals surface area contributed by atoms with E-state index >= 15 is 0 Å². The van der Waals surface area contributed by atoms with Gasteiger partial charge in [-0.2, -0.15) is 0 Å². The average Bonchev–Trinajstić information content (AvgIpc) is 3.11. The van der Waals surface area contributed by atoms with Crippen LogP contribution < -0.4 is 4.90 Å². The molecule has 0 bridgehead atoms. The predicted octanol–water partition coefficient (Wildman–Crippen LogP) is 4.91. The summed E-state index contributed by atoms with van der Waals surface area (Å²) in [7, 11) is 0. The SMILES string of the molecule is CCOC(=O)CCCN(CCCC(=O)OCC)c1ccc(C2C(=O)C(C3C=CC(=[N+](CCCC(=O)OCC)CCCC(=O)OCC)C=C3)C2=O)cc1. The van der Waals surface area contributed by atoms with E-state index < -0.39 is 11.8 Å². The third-order valence-corrected chi connectivity index (χ3v) is 8.96. The monoisotopic (exact) mass is 723 g/mol. The molecule has 0 amide bonds. The summed E-state index contributed by atoms with van der Waals surface area (Å²) < 4.78 is 22.3. The summed E-state index contributed by atoms with van der Waals surface area (Å²) >= 11 is 0. The number of allylic oxidation sites excluding steroid dienone is 4. The molecular formula is C40H55N2O10+. The van der Waals surface area contributed by atoms with Gasteiger partial charge in [0, 0.05) is 62.5 Å². The third-order valence-electron chi connectivity index (χ3n) is 8.96. The van der Waals surface area contributed by atoms with E-state index in [2.05, 4.69) is 9.48 Å². The number of ether oxygens (including phenoxy) is 4. The molecule has 0 aromatic heterocycles. The number of anilines is 1. The summed E-state index contributed by atoms with van der Waals surface area (Å²) in [5.74, 6) is -3.22. The smallest absolute Gasteiger partial charge is 0.306 e. The molecule has 12 nitrogen and oxygen atoms in total. The molecule has 2 aliphatic carbocycles. The molecule has 0 saturated heterocycles. The van der Waals surface area contributed by atoms with Gasteiger partial charge in [-0.15, -0.1) is 0 Å². The number of carbonyl (C=O) groups excluding carboxylic acids is 6. The van der Waals surface area contributed by atoms with Crippen LogP contribution >= 0.6 is 0 Å². The van der Waals surface area contributed by atoms with Crippen LogP contribution in [0.25, 0.3) is 0 Å². The van der Waals surface area contributed by atoms with Gasteiger partial charge in [0.15, 0.2) is 17.3 Å². The molecule has 12 heteroatoms. The minimum atomic E-state index is -0.824. The van der Waals surface area contributed by atoms with Gasteiger partial charge in [-0.25, -0.2) is 4.58 Å². The highest BCUT2D eigenvalue weighted by Gasteiger charge is 2.52. The van der Waals surface area contributed by atoms with Crippen molar-refractivity contribution in [2.45, 2.75) is 85.0 Å². The number of carbonyl (C=O) groups is 6. The van der Waals surface area contributed by atoms with Gasteiger partial charge in [0.25, 0.3) is 0 Å². The molecule has 0 aliphatic heterocycles. The van der Waals surface area contributed by atoms with Crippen LogP contribution in [-0.4, -0.2) is 98.3 Å². The first-order valence-electron chi connectivity index (χ1n) is 18.7. The van der Waals surface area contributed by atoms with Gasteiger partial charge in [-0.3, -0.25) is 28.8 Å². The molecule has 284 valence electrons. The second kappa shape index (κ2) is 22.4. The lowest BCUT2D eigenvalue weighted by molar-refractivity contribution is -0.527. The van der Waals surface area contributed by atoms with E-state index in [1.807, 2.05) is 36.4 Å². The van der Waals surface area contributed by atoms with E-state index in [4.69, 9.17) is 18.9 Å². The zero-order valence-corrected chi connectivity index (χ0v) is 31.1. The van der Waals surface area contributed by atoms with Crippen molar-refractivity contribution in [1.82, 2.24) is 0 Å². The Morgan fingerprint density at radius 3 is 1.42 bits per heavy atom. The van der Waals surface area contributed by atoms with Crippen molar-refractivity contribution in [3.8, 4) is 0 Å². The molecule has 52 heavy (non-hydrogen) atoms. The zero-order chi connectivity index (χ0) is 37.9. The van der Waals surface area contributed by atoms with Gasteiger partial charge < -0.3 is 23.8 Å². The van der Waals surface area contributed by atoms with Crippen molar-refractivity contribution >= 4 is 46.8 Å². The Labute approximate surface area is 307 Å². The number of ketones is 2. The molecule has 0 unspecified atom stereocenters. The minimum absolute atomic E-state index is 0.123. The van der Waals surface area contributed by atoms with Gasteiger partial charge >= 0.3 is 23.9 Å². The summed E-state index contributed by atoms with van der Waals surface area (Å²) in [6, 6.07) is 7.35. The Hall–Kier alpha value is -4.61. The zero-order valence-electron chi connectivity index (χ0n) is 31.1. The van der Waals surface area contributed by atoms with E-state index in [9.17, 15) is 28.8 Å². The van der Waals surface area contributed by atoms with Crippen LogP contribution in [0.3, 0.4) is 0 Å². The summed E-state index contributed by atoms with van der Waals surface area (Å²) in [5.41, 5.74) is 2.38. The lowest BCUT2D eigenvalue weighted by Crippen LogP contribution is -2.49. The maximum atomic E-state index is 13.4. The van der Waals surface area contributed by atoms with Gasteiger partial charge in [-0.05, 0) is 58.2 Å². The van der Waals surface area contributed by atoms with Crippen LogP contribution in [0.5, 0.6) is 0 Å². The number of nitrogens with zero attached hydrogens (tertiary/aromatic N) is 2. The summed E-state index contributed by atoms with van der Waals surface area (Å²) in [6.07, 6.45) is 11.0. The van der Waals surface area contributed by atoms with Crippen molar-refractivity contribution < 1.29 is 52.3 Å². The lowest BCUT2D eigenvalue weighted by Gasteiger charge is -2.36. The van der Waals surface area contributed by atoms with Gasteiger partial charge in [0.1, 0.15) is 19.0 Å². The number of hydrogen-bond acceptors (Lipinski definition) is 11. The highest BCUT2D eigenvalue weighted by molar-refractivity contribution is 6.28. The van der Waals surface area contributed by atoms with Crippen molar-refractivity contribution in [2.75, 3.05) is 57.5 Å². The number of esters is 4. The number of Topliss-reactive ketones (excluding diaryl/α,β-unsaturated/α-hetero) is 2. The Bertz CT molecular complexity index is 1400. The Morgan fingerprint density at radius 2 is 1.02 bits per heavy atom. The molecule has 0 spiro atoms. The van der Waals surface area contributed by atoms with Crippen LogP contribution in [-0.2, 0) is 47.7 Å². The number of rotatable bonds is 23. The molecule has 1 saturated carbocycles. The van der Waals surface area contributed by atoms with Gasteiger partial charge in [0.05, 0.1) is 45.2 Å². The molecule has 1 fully saturated rings. The molecule has 1 aromatic carbocycles. The van der Waals surface area contributed by atoms with Crippen LogP contribution in [0.4, 0.5) is 5.69 Å². The lowest BCUT2D eigenvalue weighted by atomic mass is 9.63. The average molecular weight is 724 g/mol. The van der Waals surface area contributed by atoms with Crippen LogP contribution in [0, 0.1) is 11.8 Å². The Kier molecular flexibility index (Phi) is 18.0. The van der Waals surface area contributed by atoms with E-state index in [1.54, 1.807) is 39.8 Å². The van der Waals surface area contributed by atoms with Gasteiger partial charge in [-0.1, -0.05) is 24.3 Å². The first kappa shape index (κ1) is 41.8. The summed E-state index contributed by atoms with van der Waals surface area (Å²) in [4.78, 5) is 76.5. The molecule has 1 aromatic rings. The normalized spacial score (nSPS) is 17.7. The second-order valence-electron chi connectivity index (χ2n) is 12.6. The Morgan fingerprint density at radius 1 is 0.615 bits per heavy atom. The molecule has 0 heterocycles. The second-order valence-corrected chi connectivity index (χ2v) is 12.6. The van der Waals surface area contributed by atoms with E-state index in [-0.39, 0.29) is 67.0 Å². The van der Waals surface area contributed by atoms with Gasteiger partial charge in [0.2, 0.25) is 0 Å². The Balaban J connectivity index is 1.65. The van der Waals surface area contributed by atoms with Crippen molar-refractivity contribution in [1.29, 1.82) is 0 Å². The first-order chi connectivity index (χ1) is 25.1. The largest absolute Gasteiger partial charge is 0.466 e. The quantitative estimate of drug-likeness (QED) is 0.0657. The third kappa shape index (κ3) is 12.9. The molecule has 0 radical (unpaired) electrons. The molecule has 0 N–H and O–H groups in total. The van der Waals surface area contributed by atoms with Crippen LogP contribution in [0.1, 0.15) is 90.5 Å². The molecule has 3 rings (SSSR count). The molecular weight excluding hydrogens is 668 g/mol. The molecule has 2 aliphatic rings. The molecule has 0 atom stereocenters. The predicted molar refractivity (Wildman–Crippen MR) is 195 cm³/mol. The van der Waals surface area contributed by atoms with Crippen molar-refractivity contribution in [3.05, 3.63) is 54.1 Å². The van der Waals surface area contributed by atoms with Crippen molar-refractivity contribution in [2.24, 2.45) is 11.8 Å². The fraction of sp³-hybridized carbons (Fsp3) is 0.575. The van der Waals surface area contributed by atoms with E-state index in [0.717, 1.165) is 11.4 Å². The first-order valence-corrected chi connectivity index (χ1v) is 18.7. The summed E-state index contributed by atoms with van der Waals surface area (Å²) in [5, 5.41) is 0. The maximum absolute atomic E-state index is 13.4. The highest BCUT2D eigenvalue weighted by atomic mass is 16.5. The van der Waals surface area contributed by atoms with Crippen molar-refractivity contribution in [3.63, 3.8) is 0 Å². The topological polar surface area (TPSA) is 146 Å².